The molecule has 2 heterocycles. The van der Waals surface area contributed by atoms with E-state index in [9.17, 15) is 0 Å². The van der Waals surface area contributed by atoms with Gasteiger partial charge >= 0.3 is 0 Å². The Balaban J connectivity index is 1.06. The van der Waals surface area contributed by atoms with Crippen LogP contribution in [0, 0.1) is 5.92 Å². The van der Waals surface area contributed by atoms with Gasteiger partial charge in [0.05, 0.1) is 11.4 Å². The van der Waals surface area contributed by atoms with E-state index in [1.807, 2.05) is 12.3 Å². The molecule has 3 aliphatic carbocycles. The van der Waals surface area contributed by atoms with Crippen LogP contribution in [0.5, 0.6) is 0 Å². The first-order valence-electron chi connectivity index (χ1n) is 20.2. The summed E-state index contributed by atoms with van der Waals surface area (Å²) in [4.78, 5) is 14.9. The van der Waals surface area contributed by atoms with Crippen LogP contribution in [0.25, 0.3) is 78.6 Å². The van der Waals surface area contributed by atoms with Gasteiger partial charge in [-0.15, -0.1) is 0 Å². The largest absolute Gasteiger partial charge is 0.264 e. The molecule has 2 bridgehead atoms. The van der Waals surface area contributed by atoms with Crippen molar-refractivity contribution >= 4 is 22.4 Å². The van der Waals surface area contributed by atoms with Gasteiger partial charge in [0.2, 0.25) is 0 Å². The minimum atomic E-state index is 0.370. The Morgan fingerprint density at radius 3 is 2.10 bits per heavy atom. The molecule has 1 atom stereocenters. The maximum absolute atomic E-state index is 5.29. The summed E-state index contributed by atoms with van der Waals surface area (Å²) < 4.78 is 0. The van der Waals surface area contributed by atoms with Crippen molar-refractivity contribution in [2.24, 2.45) is 5.92 Å². The maximum atomic E-state index is 5.29. The van der Waals surface area contributed by atoms with E-state index >= 15 is 0 Å². The van der Waals surface area contributed by atoms with Gasteiger partial charge in [-0.05, 0) is 110 Å². The van der Waals surface area contributed by atoms with E-state index in [0.29, 0.717) is 11.7 Å². The van der Waals surface area contributed by atoms with Gasteiger partial charge in [0, 0.05) is 29.1 Å². The van der Waals surface area contributed by atoms with Crippen LogP contribution in [-0.4, -0.2) is 15.0 Å². The molecule has 276 valence electrons. The van der Waals surface area contributed by atoms with E-state index in [4.69, 9.17) is 9.97 Å². The minimum absolute atomic E-state index is 0.370. The number of hydrogen-bond acceptors (Lipinski definition) is 3. The van der Waals surface area contributed by atoms with Gasteiger partial charge in [0.1, 0.15) is 0 Å². The Labute approximate surface area is 340 Å². The average molecular weight is 744 g/mol. The van der Waals surface area contributed by atoms with Crippen molar-refractivity contribution in [2.75, 3.05) is 0 Å². The summed E-state index contributed by atoms with van der Waals surface area (Å²) in [7, 11) is 0. The van der Waals surface area contributed by atoms with Crippen molar-refractivity contribution < 1.29 is 0 Å². The zero-order chi connectivity index (χ0) is 38.7. The number of rotatable bonds is 6. The molecule has 0 radical (unpaired) electrons. The fourth-order valence-corrected chi connectivity index (χ4v) is 8.33. The predicted octanol–water partition coefficient (Wildman–Crippen LogP) is 13.9. The smallest absolute Gasteiger partial charge is 0.160 e. The predicted molar refractivity (Wildman–Crippen MR) is 243 cm³/mol. The molecule has 0 spiro atoms. The minimum Gasteiger partial charge on any atom is -0.264 e. The lowest BCUT2D eigenvalue weighted by molar-refractivity contribution is 0.829. The first kappa shape index (κ1) is 35.2. The Hall–Kier alpha value is -7.23. The third kappa shape index (κ3) is 7.15. The molecule has 0 fully saturated rings. The van der Waals surface area contributed by atoms with Gasteiger partial charge in [-0.1, -0.05) is 170 Å². The highest BCUT2D eigenvalue weighted by molar-refractivity contribution is 6.01. The highest BCUT2D eigenvalue weighted by Crippen LogP contribution is 2.38. The zero-order valence-electron chi connectivity index (χ0n) is 32.2. The summed E-state index contributed by atoms with van der Waals surface area (Å²) in [5.41, 5.74) is 15.6. The molecule has 1 unspecified atom stereocenters. The Kier molecular flexibility index (Phi) is 9.54. The van der Waals surface area contributed by atoms with Gasteiger partial charge in [-0.2, -0.15) is 0 Å². The average Bonchev–Trinajstić information content (AvgIpc) is 3.60. The first-order chi connectivity index (χ1) is 28.7. The number of benzene rings is 5. The monoisotopic (exact) mass is 743 g/mol. The molecule has 5 aromatic carbocycles. The van der Waals surface area contributed by atoms with Crippen molar-refractivity contribution in [3.63, 3.8) is 0 Å². The number of allylic oxidation sites excluding steroid dienone is 13. The first-order valence-corrected chi connectivity index (χ1v) is 20.2. The van der Waals surface area contributed by atoms with Crippen LogP contribution in [0.15, 0.2) is 206 Å². The van der Waals surface area contributed by atoms with Crippen LogP contribution in [0.3, 0.4) is 0 Å². The Bertz CT molecular complexity index is 2880. The molecule has 3 heteroatoms. The Morgan fingerprint density at radius 1 is 0.534 bits per heavy atom. The molecule has 3 nitrogen and oxygen atoms in total. The normalized spacial score (nSPS) is 16.3. The van der Waals surface area contributed by atoms with E-state index in [0.717, 1.165) is 64.0 Å². The van der Waals surface area contributed by atoms with E-state index in [1.54, 1.807) is 6.20 Å². The summed E-state index contributed by atoms with van der Waals surface area (Å²) in [6.07, 6.45) is 33.5. The lowest BCUT2D eigenvalue weighted by atomic mass is 9.90. The second-order valence-electron chi connectivity index (χ2n) is 15.1. The number of nitrogens with zero attached hydrogens (tertiary/aromatic N) is 3. The fourth-order valence-electron chi connectivity index (χ4n) is 8.33. The molecule has 2 aromatic heterocycles. The number of pyridine rings is 1. The summed E-state index contributed by atoms with van der Waals surface area (Å²) >= 11 is 0. The molecule has 10 rings (SSSR count). The highest BCUT2D eigenvalue weighted by atomic mass is 14.9. The maximum Gasteiger partial charge on any atom is 0.160 e. The molecule has 3 aliphatic rings. The van der Waals surface area contributed by atoms with Crippen LogP contribution in [0.1, 0.15) is 29.5 Å². The molecule has 0 N–H and O–H groups in total. The molecular formula is C55H41N3. The van der Waals surface area contributed by atoms with Crippen LogP contribution in [-0.2, 0) is 6.42 Å². The van der Waals surface area contributed by atoms with Gasteiger partial charge in [-0.25, -0.2) is 9.97 Å². The van der Waals surface area contributed by atoms with Gasteiger partial charge in [0.15, 0.2) is 5.82 Å². The topological polar surface area (TPSA) is 38.7 Å². The van der Waals surface area contributed by atoms with Crippen LogP contribution < -0.4 is 0 Å². The van der Waals surface area contributed by atoms with Gasteiger partial charge < -0.3 is 0 Å². The lowest BCUT2D eigenvalue weighted by Gasteiger charge is -2.15. The van der Waals surface area contributed by atoms with Gasteiger partial charge in [-0.3, -0.25) is 4.98 Å². The van der Waals surface area contributed by atoms with E-state index in [2.05, 4.69) is 193 Å². The molecule has 7 aromatic rings. The summed E-state index contributed by atoms with van der Waals surface area (Å²) in [5, 5.41) is 2.58. The molecule has 0 aliphatic heterocycles. The highest BCUT2D eigenvalue weighted by Gasteiger charge is 2.17. The van der Waals surface area contributed by atoms with Crippen LogP contribution in [0.4, 0.5) is 0 Å². The fraction of sp³-hybridized carbons (Fsp3) is 0.0727. The summed E-state index contributed by atoms with van der Waals surface area (Å²) in [5.74, 6) is 1.06. The molecule has 0 amide bonds. The van der Waals surface area contributed by atoms with E-state index in [1.165, 1.54) is 44.2 Å². The number of fused-ring (bicyclic) bond motifs is 4. The van der Waals surface area contributed by atoms with Crippen LogP contribution in [0.2, 0.25) is 0 Å². The second-order valence-corrected chi connectivity index (χ2v) is 15.1. The van der Waals surface area contributed by atoms with Gasteiger partial charge in [0.25, 0.3) is 0 Å². The Morgan fingerprint density at radius 2 is 1.29 bits per heavy atom. The number of aromatic nitrogens is 3. The van der Waals surface area contributed by atoms with E-state index < -0.39 is 0 Å². The third-order valence-corrected chi connectivity index (χ3v) is 11.3. The number of hydrogen-bond donors (Lipinski definition) is 0. The zero-order valence-corrected chi connectivity index (χ0v) is 32.2. The molecule has 0 saturated heterocycles. The third-order valence-electron chi connectivity index (χ3n) is 11.3. The van der Waals surface area contributed by atoms with Crippen molar-refractivity contribution in [1.29, 1.82) is 0 Å². The van der Waals surface area contributed by atoms with Crippen molar-refractivity contribution in [3.05, 3.63) is 223 Å². The van der Waals surface area contributed by atoms with E-state index in [-0.39, 0.29) is 0 Å². The SMILES string of the molecule is C1=CCc2c(cc(-c3ccc(-c4cc(-c5ccc(-c6cccnc6)cc5)nc(-c5cccc(C6=CC=CC7C=C6/C=C\CC=CC7)c5)n4)cc3)c3ccccc23)C=C1. The van der Waals surface area contributed by atoms with Crippen LogP contribution >= 0.6 is 0 Å². The lowest BCUT2D eigenvalue weighted by Crippen LogP contribution is -1.97. The molecular weight excluding hydrogens is 703 g/mol. The summed E-state index contributed by atoms with van der Waals surface area (Å²) in [6, 6.07) is 43.5. The standard InChI is InChI=1S/C55H41N3/c1-2-5-15-43-33-38(13-4-1)14-10-23-48(43)44-17-11-18-46(34-44)55-57-53(41-28-24-39(25-29-41)47-19-12-32-56-37-47)36-54(58-55)42-30-26-40(27-31-42)52-35-45-16-6-3-7-20-49(45)50-21-8-9-22-51(50)52/h1,3-12,14-19,21-38H,2,13,20H2/b4-1?,15-5-. The quantitative estimate of drug-likeness (QED) is 0.159. The summed E-state index contributed by atoms with van der Waals surface area (Å²) in [6.45, 7) is 0. The van der Waals surface area contributed by atoms with Crippen molar-refractivity contribution in [2.45, 2.75) is 19.3 Å². The van der Waals surface area contributed by atoms with Crippen molar-refractivity contribution in [1.82, 2.24) is 15.0 Å². The molecule has 58 heavy (non-hydrogen) atoms. The molecule has 0 saturated carbocycles. The van der Waals surface area contributed by atoms with Crippen molar-refractivity contribution in [3.8, 4) is 56.2 Å². The second kappa shape index (κ2) is 15.7.